The Morgan fingerprint density at radius 3 is 2.85 bits per heavy atom. The van der Waals surface area contributed by atoms with Gasteiger partial charge in [-0.25, -0.2) is 0 Å². The van der Waals surface area contributed by atoms with Gasteiger partial charge >= 0.3 is 0 Å². The molecule has 0 saturated heterocycles. The molecule has 0 saturated carbocycles. The summed E-state index contributed by atoms with van der Waals surface area (Å²) in [5.41, 5.74) is 6.73. The molecule has 0 aliphatic carbocycles. The Kier molecular flexibility index (Phi) is 5.38. The SMILES string of the molecule is CC1(c2cccc(NC(=O)c3cc([N+](=O)[O-])ccc3Cl)c2)CCSC(N)=N1. The summed E-state index contributed by atoms with van der Waals surface area (Å²) in [6.07, 6.45) is 0.826. The maximum Gasteiger partial charge on any atom is 0.270 e. The zero-order valence-electron chi connectivity index (χ0n) is 14.4. The van der Waals surface area contributed by atoms with Crippen LogP contribution in [0.4, 0.5) is 11.4 Å². The maximum atomic E-state index is 12.6. The van der Waals surface area contributed by atoms with Crippen LogP contribution >= 0.6 is 23.4 Å². The molecule has 0 radical (unpaired) electrons. The molecule has 1 aliphatic heterocycles. The number of nitrogens with one attached hydrogen (secondary N) is 1. The molecule has 0 spiro atoms. The number of hydrogen-bond donors (Lipinski definition) is 2. The number of amides is 1. The summed E-state index contributed by atoms with van der Waals surface area (Å²) >= 11 is 7.56. The van der Waals surface area contributed by atoms with E-state index in [4.69, 9.17) is 17.3 Å². The van der Waals surface area contributed by atoms with E-state index in [-0.39, 0.29) is 16.3 Å². The van der Waals surface area contributed by atoms with Crippen LogP contribution < -0.4 is 11.1 Å². The number of nitrogens with zero attached hydrogens (tertiary/aromatic N) is 2. The van der Waals surface area contributed by atoms with Gasteiger partial charge in [-0.2, -0.15) is 0 Å². The molecule has 2 aromatic rings. The minimum Gasteiger partial charge on any atom is -0.379 e. The number of non-ortho nitro benzene ring substituents is 1. The Hall–Kier alpha value is -2.58. The van der Waals surface area contributed by atoms with E-state index in [2.05, 4.69) is 10.3 Å². The third-order valence-electron chi connectivity index (χ3n) is 4.34. The van der Waals surface area contributed by atoms with Crippen molar-refractivity contribution in [3.8, 4) is 0 Å². The predicted molar refractivity (Wildman–Crippen MR) is 109 cm³/mol. The molecule has 1 aliphatic rings. The molecule has 9 heteroatoms. The molecule has 1 unspecified atom stereocenters. The largest absolute Gasteiger partial charge is 0.379 e. The molecule has 0 fully saturated rings. The molecular formula is C18H17ClN4O3S. The summed E-state index contributed by atoms with van der Waals surface area (Å²) in [6.45, 7) is 2.00. The van der Waals surface area contributed by atoms with E-state index in [9.17, 15) is 14.9 Å². The van der Waals surface area contributed by atoms with Gasteiger partial charge in [-0.1, -0.05) is 35.5 Å². The van der Waals surface area contributed by atoms with E-state index in [0.717, 1.165) is 23.8 Å². The quantitative estimate of drug-likeness (QED) is 0.586. The normalized spacial score (nSPS) is 19.3. The average molecular weight is 405 g/mol. The molecule has 7 nitrogen and oxygen atoms in total. The Labute approximate surface area is 165 Å². The zero-order chi connectivity index (χ0) is 19.6. The lowest BCUT2D eigenvalue weighted by Gasteiger charge is -2.30. The minimum atomic E-state index is -0.571. The molecule has 0 bridgehead atoms. The molecule has 140 valence electrons. The monoisotopic (exact) mass is 404 g/mol. The van der Waals surface area contributed by atoms with Crippen LogP contribution in [0, 0.1) is 10.1 Å². The van der Waals surface area contributed by atoms with Gasteiger partial charge in [0.05, 0.1) is 21.0 Å². The number of amidine groups is 1. The zero-order valence-corrected chi connectivity index (χ0v) is 16.0. The van der Waals surface area contributed by atoms with E-state index >= 15 is 0 Å². The van der Waals surface area contributed by atoms with Gasteiger partial charge in [-0.05, 0) is 37.1 Å². The molecule has 0 aromatic heterocycles. The number of carbonyl (C=O) groups excluding carboxylic acids is 1. The van der Waals surface area contributed by atoms with Crippen molar-refractivity contribution in [1.29, 1.82) is 0 Å². The number of nitro groups is 1. The van der Waals surface area contributed by atoms with Crippen molar-refractivity contribution in [1.82, 2.24) is 0 Å². The van der Waals surface area contributed by atoms with Crippen molar-refractivity contribution in [2.75, 3.05) is 11.1 Å². The van der Waals surface area contributed by atoms with Crippen molar-refractivity contribution < 1.29 is 9.72 Å². The lowest BCUT2D eigenvalue weighted by atomic mass is 9.89. The highest BCUT2D eigenvalue weighted by Crippen LogP contribution is 2.36. The number of benzene rings is 2. The number of nitrogens with two attached hydrogens (primary N) is 1. The van der Waals surface area contributed by atoms with Crippen LogP contribution in [-0.2, 0) is 5.54 Å². The Morgan fingerprint density at radius 1 is 1.37 bits per heavy atom. The standard InChI is InChI=1S/C18H17ClN4O3S/c1-18(7-8-27-17(20)22-18)11-3-2-4-12(9-11)21-16(24)14-10-13(23(25)26)5-6-15(14)19/h2-6,9-10H,7-8H2,1H3,(H2,20,22)(H,21,24). The van der Waals surface area contributed by atoms with Crippen LogP contribution in [0.1, 0.15) is 29.3 Å². The second-order valence-corrected chi connectivity index (χ2v) is 7.80. The number of hydrogen-bond acceptors (Lipinski definition) is 6. The Bertz CT molecular complexity index is 950. The van der Waals surface area contributed by atoms with Crippen LogP contribution in [0.15, 0.2) is 47.5 Å². The highest BCUT2D eigenvalue weighted by molar-refractivity contribution is 8.13. The van der Waals surface area contributed by atoms with Crippen molar-refractivity contribution in [3.05, 3.63) is 68.7 Å². The fourth-order valence-corrected chi connectivity index (χ4v) is 4.00. The van der Waals surface area contributed by atoms with Crippen molar-refractivity contribution in [3.63, 3.8) is 0 Å². The molecule has 27 heavy (non-hydrogen) atoms. The fourth-order valence-electron chi connectivity index (χ4n) is 2.83. The molecule has 1 atom stereocenters. The second-order valence-electron chi connectivity index (χ2n) is 6.28. The summed E-state index contributed by atoms with van der Waals surface area (Å²) in [6, 6.07) is 11.1. The van der Waals surface area contributed by atoms with Crippen LogP contribution in [0.2, 0.25) is 5.02 Å². The highest BCUT2D eigenvalue weighted by atomic mass is 35.5. The predicted octanol–water partition coefficient (Wildman–Crippen LogP) is 4.17. The van der Waals surface area contributed by atoms with Gasteiger partial charge in [0.25, 0.3) is 11.6 Å². The van der Waals surface area contributed by atoms with Gasteiger partial charge < -0.3 is 11.1 Å². The lowest BCUT2D eigenvalue weighted by molar-refractivity contribution is -0.384. The number of carbonyl (C=O) groups is 1. The first-order valence-electron chi connectivity index (χ1n) is 8.12. The van der Waals surface area contributed by atoms with Gasteiger partial charge in [0.1, 0.15) is 0 Å². The number of thioether (sulfide) groups is 1. The van der Waals surface area contributed by atoms with Gasteiger partial charge in [0, 0.05) is 23.6 Å². The number of anilines is 1. The van der Waals surface area contributed by atoms with E-state index in [1.807, 2.05) is 25.1 Å². The number of aliphatic imine (C=N–C) groups is 1. The van der Waals surface area contributed by atoms with E-state index in [0.29, 0.717) is 10.9 Å². The topological polar surface area (TPSA) is 111 Å². The van der Waals surface area contributed by atoms with Gasteiger partial charge in [0.15, 0.2) is 5.17 Å². The van der Waals surface area contributed by atoms with E-state index < -0.39 is 16.4 Å². The van der Waals surface area contributed by atoms with Crippen LogP contribution in [0.25, 0.3) is 0 Å². The van der Waals surface area contributed by atoms with Crippen molar-refractivity contribution in [2.45, 2.75) is 18.9 Å². The molecular weight excluding hydrogens is 388 g/mol. The summed E-state index contributed by atoms with van der Waals surface area (Å²) in [5.74, 6) is 0.347. The van der Waals surface area contributed by atoms with Crippen LogP contribution in [-0.4, -0.2) is 21.8 Å². The Balaban J connectivity index is 1.87. The second kappa shape index (κ2) is 7.58. The van der Waals surface area contributed by atoms with E-state index in [1.54, 1.807) is 6.07 Å². The molecule has 1 heterocycles. The van der Waals surface area contributed by atoms with Gasteiger partial charge in [0.2, 0.25) is 0 Å². The van der Waals surface area contributed by atoms with Crippen LogP contribution in [0.3, 0.4) is 0 Å². The third kappa shape index (κ3) is 4.23. The van der Waals surface area contributed by atoms with Crippen molar-refractivity contribution >= 4 is 45.8 Å². The molecule has 1 amide bonds. The first-order valence-corrected chi connectivity index (χ1v) is 9.49. The highest BCUT2D eigenvalue weighted by Gasteiger charge is 2.29. The molecule has 3 N–H and O–H groups in total. The lowest BCUT2D eigenvalue weighted by Crippen LogP contribution is -2.28. The molecule has 3 rings (SSSR count). The molecule has 2 aromatic carbocycles. The summed E-state index contributed by atoms with van der Waals surface area (Å²) in [5, 5.41) is 14.4. The maximum absolute atomic E-state index is 12.6. The number of halogens is 1. The van der Waals surface area contributed by atoms with Gasteiger partial charge in [-0.3, -0.25) is 19.9 Å². The Morgan fingerprint density at radius 2 is 2.15 bits per heavy atom. The van der Waals surface area contributed by atoms with Crippen molar-refractivity contribution in [2.24, 2.45) is 10.7 Å². The van der Waals surface area contributed by atoms with Gasteiger partial charge in [-0.15, -0.1) is 0 Å². The number of rotatable bonds is 4. The fraction of sp³-hybridized carbons (Fsp3) is 0.222. The number of nitro benzene ring substituents is 1. The minimum absolute atomic E-state index is 0.0406. The summed E-state index contributed by atoms with van der Waals surface area (Å²) in [4.78, 5) is 27.5. The van der Waals surface area contributed by atoms with E-state index in [1.165, 1.54) is 23.9 Å². The third-order valence-corrected chi connectivity index (χ3v) is 5.47. The first kappa shape index (κ1) is 19.2. The van der Waals surface area contributed by atoms with Crippen LogP contribution in [0.5, 0.6) is 0 Å². The average Bonchev–Trinajstić information content (AvgIpc) is 2.62. The summed E-state index contributed by atoms with van der Waals surface area (Å²) < 4.78 is 0. The summed E-state index contributed by atoms with van der Waals surface area (Å²) in [7, 11) is 0. The first-order chi connectivity index (χ1) is 12.8. The smallest absolute Gasteiger partial charge is 0.270 e.